The number of aryl methyl sites for hydroxylation is 1. The van der Waals surface area contributed by atoms with E-state index in [0.29, 0.717) is 5.69 Å². The smallest absolute Gasteiger partial charge is 0.227 e. The number of aliphatic hydroxyl groups is 1. The molecule has 1 aromatic carbocycles. The van der Waals surface area contributed by atoms with Crippen LogP contribution in [0.3, 0.4) is 0 Å². The zero-order valence-electron chi connectivity index (χ0n) is 11.6. The highest BCUT2D eigenvalue weighted by Crippen LogP contribution is 2.25. The third kappa shape index (κ3) is 3.42. The molecule has 0 aliphatic rings. The van der Waals surface area contributed by atoms with E-state index < -0.39 is 5.60 Å². The molecule has 2 N–H and O–H groups in total. The predicted molar refractivity (Wildman–Crippen MR) is 78.2 cm³/mol. The Hall–Kier alpha value is -2.20. The molecule has 20 heavy (non-hydrogen) atoms. The highest BCUT2D eigenvalue weighted by Gasteiger charge is 2.26. The fourth-order valence-electron chi connectivity index (χ4n) is 2.02. The summed E-state index contributed by atoms with van der Waals surface area (Å²) in [4.78, 5) is 16.0. The van der Waals surface area contributed by atoms with Crippen molar-refractivity contribution >= 4 is 11.6 Å². The highest BCUT2D eigenvalue weighted by atomic mass is 16.3. The van der Waals surface area contributed by atoms with E-state index >= 15 is 0 Å². The van der Waals surface area contributed by atoms with Gasteiger partial charge in [-0.15, -0.1) is 0 Å². The van der Waals surface area contributed by atoms with Crippen molar-refractivity contribution in [3.8, 4) is 0 Å². The van der Waals surface area contributed by atoms with E-state index in [9.17, 15) is 9.90 Å². The molecule has 1 heterocycles. The van der Waals surface area contributed by atoms with Gasteiger partial charge in [0.05, 0.1) is 12.0 Å². The Labute approximate surface area is 118 Å². The summed E-state index contributed by atoms with van der Waals surface area (Å²) in [6, 6.07) is 10.9. The van der Waals surface area contributed by atoms with Gasteiger partial charge in [0.15, 0.2) is 0 Å². The van der Waals surface area contributed by atoms with E-state index in [2.05, 4.69) is 10.3 Å². The van der Waals surface area contributed by atoms with Crippen molar-refractivity contribution in [2.75, 3.05) is 5.32 Å². The monoisotopic (exact) mass is 270 g/mol. The standard InChI is InChI=1S/C16H18N2O2/c1-12-11-17-9-8-14(12)18-15(19)10-16(2,20)13-6-4-3-5-7-13/h3-9,11,20H,10H2,1-2H3,(H,17,18,19). The van der Waals surface area contributed by atoms with Crippen LogP contribution in [-0.2, 0) is 10.4 Å². The van der Waals surface area contributed by atoms with Crippen molar-refractivity contribution in [1.29, 1.82) is 0 Å². The highest BCUT2D eigenvalue weighted by molar-refractivity contribution is 5.92. The fourth-order valence-corrected chi connectivity index (χ4v) is 2.02. The van der Waals surface area contributed by atoms with Gasteiger partial charge < -0.3 is 10.4 Å². The Morgan fingerprint density at radius 3 is 2.65 bits per heavy atom. The van der Waals surface area contributed by atoms with Crippen LogP contribution in [0.25, 0.3) is 0 Å². The number of benzene rings is 1. The molecule has 2 rings (SSSR count). The maximum atomic E-state index is 12.1. The maximum Gasteiger partial charge on any atom is 0.227 e. The van der Waals surface area contributed by atoms with Crippen LogP contribution in [-0.4, -0.2) is 16.0 Å². The number of rotatable bonds is 4. The zero-order chi connectivity index (χ0) is 14.6. The minimum Gasteiger partial charge on any atom is -0.385 e. The quantitative estimate of drug-likeness (QED) is 0.897. The first-order valence-corrected chi connectivity index (χ1v) is 6.47. The van der Waals surface area contributed by atoms with Gasteiger partial charge in [-0.25, -0.2) is 0 Å². The molecule has 0 radical (unpaired) electrons. The van der Waals surface area contributed by atoms with Gasteiger partial charge in [0.2, 0.25) is 5.91 Å². The summed E-state index contributed by atoms with van der Waals surface area (Å²) in [5.41, 5.74) is 1.14. The van der Waals surface area contributed by atoms with Crippen LogP contribution in [0.15, 0.2) is 48.8 Å². The van der Waals surface area contributed by atoms with Gasteiger partial charge in [-0.3, -0.25) is 9.78 Å². The van der Waals surface area contributed by atoms with Gasteiger partial charge >= 0.3 is 0 Å². The summed E-state index contributed by atoms with van der Waals surface area (Å²) in [7, 11) is 0. The van der Waals surface area contributed by atoms with E-state index in [4.69, 9.17) is 0 Å². The molecule has 0 saturated heterocycles. The average Bonchev–Trinajstić information content (AvgIpc) is 2.42. The number of hydrogen-bond acceptors (Lipinski definition) is 3. The van der Waals surface area contributed by atoms with Gasteiger partial charge in [0.1, 0.15) is 0 Å². The third-order valence-corrected chi connectivity index (χ3v) is 3.19. The number of pyridine rings is 1. The normalized spacial score (nSPS) is 13.6. The molecule has 0 spiro atoms. The second kappa shape index (κ2) is 5.84. The minimum atomic E-state index is -1.19. The lowest BCUT2D eigenvalue weighted by atomic mass is 9.92. The molecule has 4 heteroatoms. The molecule has 1 atom stereocenters. The topological polar surface area (TPSA) is 62.2 Å². The molecule has 1 aromatic heterocycles. The van der Waals surface area contributed by atoms with Gasteiger partial charge in [-0.2, -0.15) is 0 Å². The SMILES string of the molecule is Cc1cnccc1NC(=O)CC(C)(O)c1ccccc1. The van der Waals surface area contributed by atoms with Gasteiger partial charge in [-0.05, 0) is 31.0 Å². The van der Waals surface area contributed by atoms with Crippen molar-refractivity contribution in [2.45, 2.75) is 25.9 Å². The molecule has 0 aliphatic heterocycles. The van der Waals surface area contributed by atoms with Gasteiger partial charge in [-0.1, -0.05) is 30.3 Å². The average molecular weight is 270 g/mol. The lowest BCUT2D eigenvalue weighted by Gasteiger charge is -2.23. The molecule has 0 fully saturated rings. The number of carbonyl (C=O) groups is 1. The van der Waals surface area contributed by atoms with Crippen molar-refractivity contribution in [3.63, 3.8) is 0 Å². The summed E-state index contributed by atoms with van der Waals surface area (Å²) in [6.45, 7) is 3.51. The summed E-state index contributed by atoms with van der Waals surface area (Å²) in [5, 5.41) is 13.2. The largest absolute Gasteiger partial charge is 0.385 e. The first-order valence-electron chi connectivity index (χ1n) is 6.47. The van der Waals surface area contributed by atoms with Crippen LogP contribution >= 0.6 is 0 Å². The number of nitrogens with one attached hydrogen (secondary N) is 1. The van der Waals surface area contributed by atoms with Gasteiger partial charge in [0.25, 0.3) is 0 Å². The summed E-state index contributed by atoms with van der Waals surface area (Å²) in [5.74, 6) is -0.229. The van der Waals surface area contributed by atoms with E-state index in [-0.39, 0.29) is 12.3 Å². The molecule has 0 saturated carbocycles. The lowest BCUT2D eigenvalue weighted by molar-refractivity contribution is -0.120. The molecular weight excluding hydrogens is 252 g/mol. The fraction of sp³-hybridized carbons (Fsp3) is 0.250. The van der Waals surface area contributed by atoms with E-state index in [1.165, 1.54) is 0 Å². The maximum absolute atomic E-state index is 12.1. The van der Waals surface area contributed by atoms with Crippen molar-refractivity contribution in [2.24, 2.45) is 0 Å². The van der Waals surface area contributed by atoms with Crippen molar-refractivity contribution in [3.05, 3.63) is 59.9 Å². The second-order valence-corrected chi connectivity index (χ2v) is 5.06. The molecule has 104 valence electrons. The molecule has 2 aromatic rings. The number of hydrogen-bond donors (Lipinski definition) is 2. The first-order chi connectivity index (χ1) is 9.49. The van der Waals surface area contributed by atoms with E-state index in [0.717, 1.165) is 11.1 Å². The van der Waals surface area contributed by atoms with E-state index in [1.54, 1.807) is 25.4 Å². The molecule has 0 bridgehead atoms. The summed E-state index contributed by atoms with van der Waals surface area (Å²) >= 11 is 0. The Morgan fingerprint density at radius 1 is 1.30 bits per heavy atom. The van der Waals surface area contributed by atoms with Crippen molar-refractivity contribution < 1.29 is 9.90 Å². The third-order valence-electron chi connectivity index (χ3n) is 3.19. The summed E-state index contributed by atoms with van der Waals surface area (Å²) < 4.78 is 0. The van der Waals surface area contributed by atoms with Crippen molar-refractivity contribution in [1.82, 2.24) is 4.98 Å². The first kappa shape index (κ1) is 14.2. The Kier molecular flexibility index (Phi) is 4.15. The summed E-state index contributed by atoms with van der Waals surface area (Å²) in [6.07, 6.45) is 3.31. The number of nitrogens with zero attached hydrogens (tertiary/aromatic N) is 1. The number of amides is 1. The minimum absolute atomic E-state index is 0.00121. The predicted octanol–water partition coefficient (Wildman–Crippen LogP) is 2.63. The zero-order valence-corrected chi connectivity index (χ0v) is 11.6. The second-order valence-electron chi connectivity index (χ2n) is 5.06. The van der Waals surface area contributed by atoms with Crippen LogP contribution in [0.4, 0.5) is 5.69 Å². The molecule has 1 unspecified atom stereocenters. The van der Waals surface area contributed by atoms with Gasteiger partial charge in [0, 0.05) is 18.1 Å². The molecule has 4 nitrogen and oxygen atoms in total. The molecular formula is C16H18N2O2. The van der Waals surface area contributed by atoms with Crippen LogP contribution in [0.2, 0.25) is 0 Å². The lowest BCUT2D eigenvalue weighted by Crippen LogP contribution is -2.28. The number of aromatic nitrogens is 1. The van der Waals surface area contributed by atoms with Crippen LogP contribution in [0, 0.1) is 6.92 Å². The molecule has 1 amide bonds. The number of carbonyl (C=O) groups excluding carboxylic acids is 1. The van der Waals surface area contributed by atoms with E-state index in [1.807, 2.05) is 37.3 Å². The van der Waals surface area contributed by atoms with Crippen LogP contribution in [0.1, 0.15) is 24.5 Å². The Balaban J connectivity index is 2.07. The molecule has 0 aliphatic carbocycles. The van der Waals surface area contributed by atoms with Crippen LogP contribution in [0.5, 0.6) is 0 Å². The Morgan fingerprint density at radius 2 is 2.00 bits per heavy atom. The number of anilines is 1. The van der Waals surface area contributed by atoms with Crippen LogP contribution < -0.4 is 5.32 Å². The Bertz CT molecular complexity index is 594.